The standard InChI is InChI=1S/C12H10FN5O/c1-18(12(19)11-6-15-17-16-11)7-9-4-8(5-14)2-3-10(9)13/h2-4,6H,7H2,1H3,(H,15,16,17). The third kappa shape index (κ3) is 2.74. The molecule has 0 fully saturated rings. The Morgan fingerprint density at radius 2 is 2.37 bits per heavy atom. The number of nitriles is 1. The number of aromatic nitrogens is 3. The molecule has 2 aromatic rings. The summed E-state index contributed by atoms with van der Waals surface area (Å²) in [4.78, 5) is 13.2. The van der Waals surface area contributed by atoms with Crippen molar-refractivity contribution in [3.8, 4) is 6.07 Å². The Labute approximate surface area is 108 Å². The van der Waals surface area contributed by atoms with Crippen molar-refractivity contribution in [2.75, 3.05) is 7.05 Å². The summed E-state index contributed by atoms with van der Waals surface area (Å²) in [5.41, 5.74) is 0.774. The van der Waals surface area contributed by atoms with Crippen molar-refractivity contribution in [2.24, 2.45) is 0 Å². The average molecular weight is 259 g/mol. The summed E-state index contributed by atoms with van der Waals surface area (Å²) in [5.74, 6) is -0.839. The molecular formula is C12H10FN5O. The first-order valence-corrected chi connectivity index (χ1v) is 5.41. The molecule has 0 atom stereocenters. The Bertz CT molecular complexity index is 632. The minimum Gasteiger partial charge on any atom is -0.336 e. The molecule has 1 N–H and O–H groups in total. The molecule has 1 heterocycles. The van der Waals surface area contributed by atoms with Crippen molar-refractivity contribution >= 4 is 5.91 Å². The molecule has 19 heavy (non-hydrogen) atoms. The molecule has 0 aliphatic carbocycles. The smallest absolute Gasteiger partial charge is 0.276 e. The van der Waals surface area contributed by atoms with Crippen molar-refractivity contribution in [1.29, 1.82) is 5.26 Å². The molecule has 1 aromatic heterocycles. The predicted octanol–water partition coefficient (Wildman–Crippen LogP) is 1.09. The summed E-state index contributed by atoms with van der Waals surface area (Å²) in [6, 6.07) is 5.94. The van der Waals surface area contributed by atoms with Crippen LogP contribution in [0.3, 0.4) is 0 Å². The molecule has 96 valence electrons. The summed E-state index contributed by atoms with van der Waals surface area (Å²) in [7, 11) is 1.52. The number of nitrogens with zero attached hydrogens (tertiary/aromatic N) is 4. The van der Waals surface area contributed by atoms with Gasteiger partial charge in [-0.15, -0.1) is 0 Å². The van der Waals surface area contributed by atoms with Gasteiger partial charge in [-0.2, -0.15) is 20.7 Å². The molecule has 0 aliphatic rings. The lowest BCUT2D eigenvalue weighted by Gasteiger charge is -2.16. The molecule has 0 unspecified atom stereocenters. The van der Waals surface area contributed by atoms with Crippen LogP contribution in [0.5, 0.6) is 0 Å². The predicted molar refractivity (Wildman–Crippen MR) is 63.3 cm³/mol. The van der Waals surface area contributed by atoms with Gasteiger partial charge in [0.2, 0.25) is 0 Å². The van der Waals surface area contributed by atoms with Crippen molar-refractivity contribution in [2.45, 2.75) is 6.54 Å². The Kier molecular flexibility index (Phi) is 3.52. The van der Waals surface area contributed by atoms with E-state index in [1.807, 2.05) is 6.07 Å². The molecule has 0 radical (unpaired) electrons. The SMILES string of the molecule is CN(Cc1cc(C#N)ccc1F)C(=O)c1cn[nH]n1. The summed E-state index contributed by atoms with van der Waals surface area (Å²) in [6.07, 6.45) is 1.29. The molecule has 1 aromatic carbocycles. The number of aromatic amines is 1. The average Bonchev–Trinajstić information content (AvgIpc) is 2.94. The maximum atomic E-state index is 13.6. The Hall–Kier alpha value is -2.75. The fourth-order valence-corrected chi connectivity index (χ4v) is 1.59. The van der Waals surface area contributed by atoms with Gasteiger partial charge in [0.05, 0.1) is 17.8 Å². The van der Waals surface area contributed by atoms with Crippen molar-refractivity contribution in [3.05, 3.63) is 47.0 Å². The van der Waals surface area contributed by atoms with Gasteiger partial charge in [0.1, 0.15) is 5.82 Å². The van der Waals surface area contributed by atoms with E-state index < -0.39 is 5.82 Å². The first kappa shape index (κ1) is 12.7. The fourth-order valence-electron chi connectivity index (χ4n) is 1.59. The van der Waals surface area contributed by atoms with E-state index in [0.717, 1.165) is 0 Å². The van der Waals surface area contributed by atoms with E-state index in [1.165, 1.54) is 36.3 Å². The summed E-state index contributed by atoms with van der Waals surface area (Å²) in [5, 5.41) is 18.3. The van der Waals surface area contributed by atoms with Crippen LogP contribution in [0, 0.1) is 17.1 Å². The molecule has 0 saturated carbocycles. The number of amides is 1. The second-order valence-electron chi connectivity index (χ2n) is 3.93. The molecular weight excluding hydrogens is 249 g/mol. The number of halogens is 1. The van der Waals surface area contributed by atoms with Crippen LogP contribution < -0.4 is 0 Å². The highest BCUT2D eigenvalue weighted by Crippen LogP contribution is 2.13. The minimum atomic E-state index is -0.459. The number of H-pyrrole nitrogens is 1. The van der Waals surface area contributed by atoms with Crippen LogP contribution in [0.25, 0.3) is 0 Å². The topological polar surface area (TPSA) is 85.7 Å². The normalized spacial score (nSPS) is 9.95. The monoisotopic (exact) mass is 259 g/mol. The third-order valence-electron chi connectivity index (χ3n) is 2.56. The lowest BCUT2D eigenvalue weighted by atomic mass is 10.1. The van der Waals surface area contributed by atoms with Crippen LogP contribution in [0.2, 0.25) is 0 Å². The zero-order valence-electron chi connectivity index (χ0n) is 10.1. The number of carbonyl (C=O) groups excluding carboxylic acids is 1. The zero-order valence-corrected chi connectivity index (χ0v) is 10.1. The fraction of sp³-hybridized carbons (Fsp3) is 0.167. The van der Waals surface area contributed by atoms with Crippen molar-refractivity contribution < 1.29 is 9.18 Å². The quantitative estimate of drug-likeness (QED) is 0.893. The molecule has 0 aliphatic heterocycles. The van der Waals surface area contributed by atoms with Gasteiger partial charge in [-0.25, -0.2) is 4.39 Å². The van der Waals surface area contributed by atoms with Crippen LogP contribution in [0.15, 0.2) is 24.4 Å². The van der Waals surface area contributed by atoms with Gasteiger partial charge in [0.25, 0.3) is 5.91 Å². The maximum absolute atomic E-state index is 13.6. The van der Waals surface area contributed by atoms with Gasteiger partial charge in [-0.1, -0.05) is 0 Å². The minimum absolute atomic E-state index is 0.0487. The number of hydrogen-bond donors (Lipinski definition) is 1. The Morgan fingerprint density at radius 1 is 1.58 bits per heavy atom. The van der Waals surface area contributed by atoms with Crippen molar-refractivity contribution in [3.63, 3.8) is 0 Å². The molecule has 7 heteroatoms. The third-order valence-corrected chi connectivity index (χ3v) is 2.56. The van der Waals surface area contributed by atoms with Gasteiger partial charge < -0.3 is 4.90 Å². The largest absolute Gasteiger partial charge is 0.336 e. The van der Waals surface area contributed by atoms with E-state index in [2.05, 4.69) is 15.4 Å². The molecule has 6 nitrogen and oxygen atoms in total. The van der Waals surface area contributed by atoms with E-state index >= 15 is 0 Å². The zero-order chi connectivity index (χ0) is 13.8. The van der Waals surface area contributed by atoms with Gasteiger partial charge in [-0.05, 0) is 18.2 Å². The van der Waals surface area contributed by atoms with Gasteiger partial charge in [0.15, 0.2) is 5.69 Å². The lowest BCUT2D eigenvalue weighted by Crippen LogP contribution is -2.27. The second kappa shape index (κ2) is 5.27. The van der Waals surface area contributed by atoms with E-state index in [4.69, 9.17) is 5.26 Å². The number of nitrogens with one attached hydrogen (secondary N) is 1. The maximum Gasteiger partial charge on any atom is 0.276 e. The Balaban J connectivity index is 2.17. The van der Waals surface area contributed by atoms with E-state index in [-0.39, 0.29) is 23.7 Å². The summed E-state index contributed by atoms with van der Waals surface area (Å²) >= 11 is 0. The highest BCUT2D eigenvalue weighted by Gasteiger charge is 2.16. The first-order valence-electron chi connectivity index (χ1n) is 5.41. The number of hydrogen-bond acceptors (Lipinski definition) is 4. The van der Waals surface area contributed by atoms with Crippen LogP contribution in [0.4, 0.5) is 4.39 Å². The van der Waals surface area contributed by atoms with Gasteiger partial charge >= 0.3 is 0 Å². The highest BCUT2D eigenvalue weighted by molar-refractivity contribution is 5.91. The highest BCUT2D eigenvalue weighted by atomic mass is 19.1. The van der Waals surface area contributed by atoms with Crippen LogP contribution in [0.1, 0.15) is 21.6 Å². The van der Waals surface area contributed by atoms with E-state index in [0.29, 0.717) is 5.56 Å². The van der Waals surface area contributed by atoms with Crippen LogP contribution in [-0.4, -0.2) is 33.3 Å². The van der Waals surface area contributed by atoms with E-state index in [9.17, 15) is 9.18 Å². The summed E-state index contributed by atoms with van der Waals surface area (Å²) < 4.78 is 13.6. The number of rotatable bonds is 3. The molecule has 2 rings (SSSR count). The number of benzene rings is 1. The van der Waals surface area contributed by atoms with E-state index in [1.54, 1.807) is 0 Å². The molecule has 0 spiro atoms. The lowest BCUT2D eigenvalue weighted by molar-refractivity contribution is 0.0778. The first-order chi connectivity index (χ1) is 9.11. The van der Waals surface area contributed by atoms with Crippen LogP contribution >= 0.6 is 0 Å². The van der Waals surface area contributed by atoms with Gasteiger partial charge in [-0.3, -0.25) is 4.79 Å². The molecule has 1 amide bonds. The summed E-state index contributed by atoms with van der Waals surface area (Å²) in [6.45, 7) is 0.0487. The van der Waals surface area contributed by atoms with Crippen molar-refractivity contribution in [1.82, 2.24) is 20.3 Å². The second-order valence-corrected chi connectivity index (χ2v) is 3.93. The van der Waals surface area contributed by atoms with Gasteiger partial charge in [0, 0.05) is 19.2 Å². The number of carbonyl (C=O) groups is 1. The Morgan fingerprint density at radius 3 is 3.00 bits per heavy atom. The molecule has 0 bridgehead atoms. The van der Waals surface area contributed by atoms with Crippen LogP contribution in [-0.2, 0) is 6.54 Å². The molecule has 0 saturated heterocycles.